The number of anilines is 1. The van der Waals surface area contributed by atoms with Gasteiger partial charge >= 0.3 is 10.2 Å². The van der Waals surface area contributed by atoms with Gasteiger partial charge in [-0.15, -0.1) is 0 Å². The zero-order valence-electron chi connectivity index (χ0n) is 21.1. The van der Waals surface area contributed by atoms with Gasteiger partial charge in [0.25, 0.3) is 0 Å². The number of benzene rings is 2. The van der Waals surface area contributed by atoms with E-state index in [9.17, 15) is 18.0 Å². The first kappa shape index (κ1) is 28.1. The Hall–Kier alpha value is -3.11. The summed E-state index contributed by atoms with van der Waals surface area (Å²) in [6.45, 7) is 3.97. The van der Waals surface area contributed by atoms with Crippen LogP contribution in [0.4, 0.5) is 5.69 Å². The topological polar surface area (TPSA) is 99.3 Å². The lowest BCUT2D eigenvalue weighted by molar-refractivity contribution is -0.140. The molecule has 0 saturated carbocycles. The minimum Gasteiger partial charge on any atom is -0.497 e. The first-order valence-corrected chi connectivity index (χ1v) is 13.0. The maximum atomic E-state index is 13.7. The first-order valence-electron chi connectivity index (χ1n) is 11.6. The number of nitrogens with one attached hydrogen (secondary N) is 1. The SMILES string of the molecule is CCCNC(=O)C(CC)N(Cc1ccc(OC)cc1)C(=O)CN(c1ccccc1)S(=O)(=O)N(C)C. The molecular weight excluding hydrogens is 468 g/mol. The van der Waals surface area contributed by atoms with E-state index in [0.29, 0.717) is 24.4 Å². The molecule has 35 heavy (non-hydrogen) atoms. The Morgan fingerprint density at radius 1 is 1.00 bits per heavy atom. The molecule has 1 atom stereocenters. The van der Waals surface area contributed by atoms with Crippen molar-refractivity contribution < 1.29 is 22.7 Å². The number of carbonyl (C=O) groups excluding carboxylic acids is 2. The van der Waals surface area contributed by atoms with Crippen LogP contribution >= 0.6 is 0 Å². The second-order valence-electron chi connectivity index (χ2n) is 8.22. The zero-order chi connectivity index (χ0) is 26.0. The van der Waals surface area contributed by atoms with Gasteiger partial charge in [-0.05, 0) is 42.7 Å². The van der Waals surface area contributed by atoms with Gasteiger partial charge in [0.15, 0.2) is 0 Å². The predicted molar refractivity (Wildman–Crippen MR) is 137 cm³/mol. The van der Waals surface area contributed by atoms with E-state index < -0.39 is 28.7 Å². The lowest BCUT2D eigenvalue weighted by atomic mass is 10.1. The molecule has 0 spiro atoms. The van der Waals surface area contributed by atoms with Crippen LogP contribution in [0.5, 0.6) is 5.75 Å². The third kappa shape index (κ3) is 7.43. The van der Waals surface area contributed by atoms with Crippen LogP contribution in [0.25, 0.3) is 0 Å². The highest BCUT2D eigenvalue weighted by atomic mass is 32.2. The molecule has 2 aromatic rings. The number of carbonyl (C=O) groups is 2. The van der Waals surface area contributed by atoms with E-state index in [1.165, 1.54) is 19.0 Å². The van der Waals surface area contributed by atoms with E-state index in [1.54, 1.807) is 49.6 Å². The molecule has 0 aliphatic rings. The maximum Gasteiger partial charge on any atom is 0.304 e. The molecule has 1 unspecified atom stereocenters. The molecule has 0 saturated heterocycles. The van der Waals surface area contributed by atoms with Crippen LogP contribution in [0.1, 0.15) is 32.3 Å². The summed E-state index contributed by atoms with van der Waals surface area (Å²) in [7, 11) is 0.431. The maximum absolute atomic E-state index is 13.7. The average molecular weight is 505 g/mol. The van der Waals surface area contributed by atoms with Crippen LogP contribution < -0.4 is 14.4 Å². The second-order valence-corrected chi connectivity index (χ2v) is 10.3. The standard InChI is InChI=1S/C25H36N4O5S/c1-6-17-26-25(31)23(7-2)28(18-20-13-15-22(34-5)16-14-20)24(30)19-29(35(32,33)27(3)4)21-11-9-8-10-12-21/h8-16,23H,6-7,17-19H2,1-5H3,(H,26,31). The Bertz CT molecular complexity index is 1060. The van der Waals surface area contributed by atoms with Crippen LogP contribution in [0.3, 0.4) is 0 Å². The molecule has 0 bridgehead atoms. The Morgan fingerprint density at radius 2 is 1.63 bits per heavy atom. The van der Waals surface area contributed by atoms with E-state index in [0.717, 1.165) is 20.6 Å². The van der Waals surface area contributed by atoms with Gasteiger partial charge < -0.3 is 15.0 Å². The van der Waals surface area contributed by atoms with Gasteiger partial charge in [0.1, 0.15) is 18.3 Å². The van der Waals surface area contributed by atoms with E-state index in [-0.39, 0.29) is 12.5 Å². The summed E-state index contributed by atoms with van der Waals surface area (Å²) in [5, 5.41) is 2.86. The van der Waals surface area contributed by atoms with E-state index in [2.05, 4.69) is 5.32 Å². The Balaban J connectivity index is 2.45. The third-order valence-electron chi connectivity index (χ3n) is 5.51. The quantitative estimate of drug-likeness (QED) is 0.452. The number of ether oxygens (including phenoxy) is 1. The van der Waals surface area contributed by atoms with Gasteiger partial charge in [0, 0.05) is 27.2 Å². The molecule has 2 aromatic carbocycles. The fraction of sp³-hybridized carbons (Fsp3) is 0.440. The summed E-state index contributed by atoms with van der Waals surface area (Å²) in [4.78, 5) is 28.1. The summed E-state index contributed by atoms with van der Waals surface area (Å²) in [5.74, 6) is -0.0711. The minimum absolute atomic E-state index is 0.144. The molecule has 2 rings (SSSR count). The lowest BCUT2D eigenvalue weighted by Crippen LogP contribution is -2.53. The highest BCUT2D eigenvalue weighted by Gasteiger charge is 2.33. The smallest absolute Gasteiger partial charge is 0.304 e. The Kier molecular flexibility index (Phi) is 10.5. The summed E-state index contributed by atoms with van der Waals surface area (Å²) in [6.07, 6.45) is 1.14. The number of hydrogen-bond acceptors (Lipinski definition) is 5. The molecular formula is C25H36N4O5S. The van der Waals surface area contributed by atoms with E-state index >= 15 is 0 Å². The number of methoxy groups -OCH3 is 1. The van der Waals surface area contributed by atoms with Crippen LogP contribution in [0, 0.1) is 0 Å². The molecule has 10 heteroatoms. The van der Waals surface area contributed by atoms with Gasteiger partial charge in [0.2, 0.25) is 11.8 Å². The molecule has 0 aliphatic carbocycles. The number of para-hydroxylation sites is 1. The van der Waals surface area contributed by atoms with Gasteiger partial charge in [-0.25, -0.2) is 4.31 Å². The second kappa shape index (κ2) is 13.1. The molecule has 1 N–H and O–H groups in total. The number of amides is 2. The van der Waals surface area contributed by atoms with Crippen LogP contribution in [0.15, 0.2) is 54.6 Å². The van der Waals surface area contributed by atoms with Crippen molar-refractivity contribution in [3.63, 3.8) is 0 Å². The average Bonchev–Trinajstić information content (AvgIpc) is 2.86. The fourth-order valence-electron chi connectivity index (χ4n) is 3.52. The van der Waals surface area contributed by atoms with Crippen molar-refractivity contribution in [3.05, 3.63) is 60.2 Å². The number of hydrogen-bond donors (Lipinski definition) is 1. The molecule has 0 aliphatic heterocycles. The molecule has 0 radical (unpaired) electrons. The van der Waals surface area contributed by atoms with Crippen molar-refractivity contribution in [1.82, 2.24) is 14.5 Å². The predicted octanol–water partition coefficient (Wildman–Crippen LogP) is 2.64. The summed E-state index contributed by atoms with van der Waals surface area (Å²) < 4.78 is 33.6. The molecule has 0 heterocycles. The molecule has 0 aromatic heterocycles. The summed E-state index contributed by atoms with van der Waals surface area (Å²) in [5.41, 5.74) is 1.16. The molecule has 9 nitrogen and oxygen atoms in total. The van der Waals surface area contributed by atoms with E-state index in [4.69, 9.17) is 4.74 Å². The largest absolute Gasteiger partial charge is 0.497 e. The van der Waals surface area contributed by atoms with Crippen molar-refractivity contribution in [3.8, 4) is 5.75 Å². The van der Waals surface area contributed by atoms with Crippen molar-refractivity contribution in [2.75, 3.05) is 38.6 Å². The Labute approximate surface area is 208 Å². The van der Waals surface area contributed by atoms with Gasteiger partial charge in [-0.2, -0.15) is 12.7 Å². The molecule has 0 fully saturated rings. The molecule has 192 valence electrons. The normalized spacial score (nSPS) is 12.2. The highest BCUT2D eigenvalue weighted by Crippen LogP contribution is 2.21. The lowest BCUT2D eigenvalue weighted by Gasteiger charge is -2.34. The first-order chi connectivity index (χ1) is 16.6. The van der Waals surface area contributed by atoms with Crippen molar-refractivity contribution >= 4 is 27.7 Å². The fourth-order valence-corrected chi connectivity index (χ4v) is 4.58. The minimum atomic E-state index is -3.97. The highest BCUT2D eigenvalue weighted by molar-refractivity contribution is 7.90. The number of nitrogens with zero attached hydrogens (tertiary/aromatic N) is 3. The summed E-state index contributed by atoms with van der Waals surface area (Å²) in [6, 6.07) is 14.9. The van der Waals surface area contributed by atoms with Crippen molar-refractivity contribution in [2.24, 2.45) is 0 Å². The van der Waals surface area contributed by atoms with Crippen LogP contribution in [-0.4, -0.2) is 69.8 Å². The van der Waals surface area contributed by atoms with Crippen molar-refractivity contribution in [2.45, 2.75) is 39.3 Å². The number of rotatable bonds is 13. The van der Waals surface area contributed by atoms with Crippen LogP contribution in [-0.2, 0) is 26.3 Å². The van der Waals surface area contributed by atoms with Crippen LogP contribution in [0.2, 0.25) is 0 Å². The third-order valence-corrected chi connectivity index (χ3v) is 7.33. The van der Waals surface area contributed by atoms with Gasteiger partial charge in [0.05, 0.1) is 12.8 Å². The molecule has 2 amide bonds. The zero-order valence-corrected chi connectivity index (χ0v) is 21.9. The summed E-state index contributed by atoms with van der Waals surface area (Å²) >= 11 is 0. The van der Waals surface area contributed by atoms with Gasteiger partial charge in [-0.1, -0.05) is 44.2 Å². The van der Waals surface area contributed by atoms with E-state index in [1.807, 2.05) is 26.0 Å². The Morgan fingerprint density at radius 3 is 2.14 bits per heavy atom. The monoisotopic (exact) mass is 504 g/mol. The van der Waals surface area contributed by atoms with Gasteiger partial charge in [-0.3, -0.25) is 9.59 Å². The van der Waals surface area contributed by atoms with Crippen molar-refractivity contribution in [1.29, 1.82) is 0 Å².